The SMILES string of the molecule is CC(C)(C)OC(=O)NCc1cnc(N2CCN(C(=O)CCOCCN3CCN(c4ncc(C(=O)O)cn4)CC3)CC2)nc1. The molecular formula is C28H41N9O6. The molecule has 4 rings (SSSR count). The minimum Gasteiger partial charge on any atom is -0.478 e. The molecule has 2 N–H and O–H groups in total. The number of piperazine rings is 2. The fraction of sp³-hybridized carbons (Fsp3) is 0.607. The largest absolute Gasteiger partial charge is 0.478 e. The minimum absolute atomic E-state index is 0.0735. The van der Waals surface area contributed by atoms with Gasteiger partial charge in [0.25, 0.3) is 0 Å². The molecule has 0 unspecified atom stereocenters. The number of carbonyl (C=O) groups excluding carboxylic acids is 2. The van der Waals surface area contributed by atoms with E-state index in [1.54, 1.807) is 12.4 Å². The Morgan fingerprint density at radius 3 is 1.95 bits per heavy atom. The number of carboxylic acids is 1. The average Bonchev–Trinajstić information content (AvgIpc) is 2.99. The Labute approximate surface area is 251 Å². The van der Waals surface area contributed by atoms with Gasteiger partial charge < -0.3 is 34.6 Å². The second-order valence-electron chi connectivity index (χ2n) is 11.4. The van der Waals surface area contributed by atoms with E-state index in [0.717, 1.165) is 38.3 Å². The maximum absolute atomic E-state index is 12.7. The number of nitrogens with zero attached hydrogens (tertiary/aromatic N) is 8. The van der Waals surface area contributed by atoms with Crippen LogP contribution >= 0.6 is 0 Å². The van der Waals surface area contributed by atoms with Gasteiger partial charge in [0.1, 0.15) is 5.60 Å². The highest BCUT2D eigenvalue weighted by molar-refractivity contribution is 5.86. The molecule has 4 heterocycles. The Balaban J connectivity index is 1.06. The van der Waals surface area contributed by atoms with Gasteiger partial charge in [0, 0.05) is 95.8 Å². The van der Waals surface area contributed by atoms with Gasteiger partial charge in [-0.05, 0) is 20.8 Å². The molecular weight excluding hydrogens is 558 g/mol. The summed E-state index contributed by atoms with van der Waals surface area (Å²) in [4.78, 5) is 60.9. The molecule has 2 saturated heterocycles. The molecule has 0 spiro atoms. The molecule has 2 aromatic heterocycles. The summed E-state index contributed by atoms with van der Waals surface area (Å²) >= 11 is 0. The molecule has 234 valence electrons. The molecule has 2 aromatic rings. The summed E-state index contributed by atoms with van der Waals surface area (Å²) in [5.41, 5.74) is 0.285. The fourth-order valence-corrected chi connectivity index (χ4v) is 4.63. The predicted octanol–water partition coefficient (Wildman–Crippen LogP) is 0.867. The Morgan fingerprint density at radius 1 is 0.837 bits per heavy atom. The average molecular weight is 600 g/mol. The zero-order chi connectivity index (χ0) is 30.8. The number of hydrogen-bond donors (Lipinski definition) is 2. The molecule has 43 heavy (non-hydrogen) atoms. The number of hydrogen-bond acceptors (Lipinski definition) is 12. The zero-order valence-electron chi connectivity index (χ0n) is 25.1. The number of ether oxygens (including phenoxy) is 2. The van der Waals surface area contributed by atoms with E-state index in [-0.39, 0.29) is 18.0 Å². The monoisotopic (exact) mass is 599 g/mol. The van der Waals surface area contributed by atoms with Crippen molar-refractivity contribution in [3.8, 4) is 0 Å². The van der Waals surface area contributed by atoms with Crippen LogP contribution in [0.2, 0.25) is 0 Å². The second-order valence-corrected chi connectivity index (χ2v) is 11.4. The van der Waals surface area contributed by atoms with E-state index in [4.69, 9.17) is 14.6 Å². The van der Waals surface area contributed by atoms with Crippen LogP contribution in [-0.2, 0) is 20.8 Å². The van der Waals surface area contributed by atoms with Crippen molar-refractivity contribution in [2.24, 2.45) is 0 Å². The number of carboxylic acid groups (broad SMARTS) is 1. The summed E-state index contributed by atoms with van der Waals surface area (Å²) in [6, 6.07) is 0. The highest BCUT2D eigenvalue weighted by Crippen LogP contribution is 2.13. The van der Waals surface area contributed by atoms with Crippen molar-refractivity contribution in [2.75, 3.05) is 81.9 Å². The first-order valence-corrected chi connectivity index (χ1v) is 14.5. The van der Waals surface area contributed by atoms with Crippen LogP contribution in [0.25, 0.3) is 0 Å². The van der Waals surface area contributed by atoms with Crippen LogP contribution in [0.15, 0.2) is 24.8 Å². The molecule has 2 aliphatic heterocycles. The quantitative estimate of drug-likeness (QED) is 0.350. The van der Waals surface area contributed by atoms with E-state index in [1.807, 2.05) is 35.5 Å². The van der Waals surface area contributed by atoms with Crippen LogP contribution in [0.5, 0.6) is 0 Å². The van der Waals surface area contributed by atoms with Crippen molar-refractivity contribution in [1.29, 1.82) is 0 Å². The third kappa shape index (κ3) is 9.99. The maximum Gasteiger partial charge on any atom is 0.407 e. The topological polar surface area (TPSA) is 166 Å². The third-order valence-electron chi connectivity index (χ3n) is 7.00. The van der Waals surface area contributed by atoms with Gasteiger partial charge in [-0.3, -0.25) is 9.69 Å². The summed E-state index contributed by atoms with van der Waals surface area (Å²) in [7, 11) is 0. The van der Waals surface area contributed by atoms with E-state index in [9.17, 15) is 14.4 Å². The van der Waals surface area contributed by atoms with E-state index in [1.165, 1.54) is 12.4 Å². The molecule has 2 amide bonds. The van der Waals surface area contributed by atoms with Crippen LogP contribution in [0.3, 0.4) is 0 Å². The number of anilines is 2. The van der Waals surface area contributed by atoms with Crippen LogP contribution in [-0.4, -0.2) is 131 Å². The van der Waals surface area contributed by atoms with Gasteiger partial charge in [0.15, 0.2) is 0 Å². The number of aromatic nitrogens is 4. The normalized spacial score (nSPS) is 16.2. The molecule has 15 nitrogen and oxygen atoms in total. The number of carbonyl (C=O) groups is 3. The van der Waals surface area contributed by atoms with Crippen LogP contribution < -0.4 is 15.1 Å². The van der Waals surface area contributed by atoms with Gasteiger partial charge in [-0.25, -0.2) is 29.5 Å². The van der Waals surface area contributed by atoms with Crippen molar-refractivity contribution in [3.63, 3.8) is 0 Å². The summed E-state index contributed by atoms with van der Waals surface area (Å²) < 4.78 is 11.0. The summed E-state index contributed by atoms with van der Waals surface area (Å²) in [6.45, 7) is 13.0. The van der Waals surface area contributed by atoms with Crippen LogP contribution in [0.4, 0.5) is 16.7 Å². The summed E-state index contributed by atoms with van der Waals surface area (Å²) in [5, 5.41) is 11.7. The lowest BCUT2D eigenvalue weighted by Gasteiger charge is -2.35. The zero-order valence-corrected chi connectivity index (χ0v) is 25.1. The van der Waals surface area contributed by atoms with E-state index in [2.05, 4.69) is 30.2 Å². The molecule has 0 aromatic carbocycles. The predicted molar refractivity (Wildman–Crippen MR) is 157 cm³/mol. The Bertz CT molecular complexity index is 1210. The van der Waals surface area contributed by atoms with Crippen LogP contribution in [0, 0.1) is 0 Å². The van der Waals surface area contributed by atoms with Gasteiger partial charge >= 0.3 is 12.1 Å². The van der Waals surface area contributed by atoms with Crippen molar-refractivity contribution in [1.82, 2.24) is 35.1 Å². The lowest BCUT2D eigenvalue weighted by molar-refractivity contribution is -0.132. The molecule has 0 bridgehead atoms. The van der Waals surface area contributed by atoms with Crippen molar-refractivity contribution >= 4 is 29.9 Å². The van der Waals surface area contributed by atoms with E-state index in [0.29, 0.717) is 57.7 Å². The van der Waals surface area contributed by atoms with Crippen molar-refractivity contribution in [3.05, 3.63) is 35.9 Å². The lowest BCUT2D eigenvalue weighted by atomic mass is 10.2. The smallest absolute Gasteiger partial charge is 0.407 e. The molecule has 0 radical (unpaired) electrons. The van der Waals surface area contributed by atoms with Crippen molar-refractivity contribution in [2.45, 2.75) is 39.3 Å². The number of aromatic carboxylic acids is 1. The van der Waals surface area contributed by atoms with E-state index < -0.39 is 17.7 Å². The molecule has 2 aliphatic rings. The number of nitrogens with one attached hydrogen (secondary N) is 1. The third-order valence-corrected chi connectivity index (χ3v) is 7.00. The van der Waals surface area contributed by atoms with E-state index >= 15 is 0 Å². The lowest BCUT2D eigenvalue weighted by Crippen LogP contribution is -2.49. The van der Waals surface area contributed by atoms with Gasteiger partial charge in [0.05, 0.1) is 25.2 Å². The number of rotatable bonds is 11. The maximum atomic E-state index is 12.7. The molecule has 0 aliphatic carbocycles. The summed E-state index contributed by atoms with van der Waals surface area (Å²) in [6.07, 6.45) is 5.88. The fourth-order valence-electron chi connectivity index (χ4n) is 4.63. The molecule has 0 atom stereocenters. The van der Waals surface area contributed by atoms with Gasteiger partial charge in [-0.2, -0.15) is 0 Å². The molecule has 15 heteroatoms. The van der Waals surface area contributed by atoms with Gasteiger partial charge in [-0.15, -0.1) is 0 Å². The van der Waals surface area contributed by atoms with Gasteiger partial charge in [0.2, 0.25) is 17.8 Å². The molecule has 2 fully saturated rings. The summed E-state index contributed by atoms with van der Waals surface area (Å²) in [5.74, 6) is 0.171. The Hall–Kier alpha value is -4.11. The Kier molecular flexibility index (Phi) is 11.0. The molecule has 0 saturated carbocycles. The number of alkyl carbamates (subject to hydrolysis) is 1. The standard InChI is InChI=1S/C28H41N9O6/c1-28(2,3)43-27(41)33-18-21-16-29-25(30-17-21)37-11-9-35(10-12-37)23(38)4-14-42-15-13-34-5-7-36(8-6-34)26-31-19-22(20-32-26)24(39)40/h16-17,19-20H,4-15,18H2,1-3H3,(H,33,41)(H,39,40). The van der Waals surface area contributed by atoms with Gasteiger partial charge in [-0.1, -0.05) is 0 Å². The minimum atomic E-state index is -1.04. The first-order chi connectivity index (χ1) is 20.6. The first kappa shape index (κ1) is 31.8. The second kappa shape index (κ2) is 14.9. The highest BCUT2D eigenvalue weighted by atomic mass is 16.6. The van der Waals surface area contributed by atoms with Crippen molar-refractivity contribution < 1.29 is 29.0 Å². The Morgan fingerprint density at radius 2 is 1.40 bits per heavy atom. The van der Waals surface area contributed by atoms with Crippen LogP contribution in [0.1, 0.15) is 43.1 Å². The number of amides is 2. The highest BCUT2D eigenvalue weighted by Gasteiger charge is 2.23. The first-order valence-electron chi connectivity index (χ1n) is 14.5.